The second-order valence-electron chi connectivity index (χ2n) is 5.60. The van der Waals surface area contributed by atoms with Crippen LogP contribution >= 0.6 is 11.6 Å². The molecule has 0 amide bonds. The predicted octanol–water partition coefficient (Wildman–Crippen LogP) is 4.49. The molecule has 3 atom stereocenters. The van der Waals surface area contributed by atoms with Crippen LogP contribution in [0.25, 0.3) is 0 Å². The average molecular weight is 254 g/mol. The van der Waals surface area contributed by atoms with Gasteiger partial charge >= 0.3 is 0 Å². The van der Waals surface area contributed by atoms with Crippen molar-refractivity contribution in [3.05, 3.63) is 17.8 Å². The first-order valence-corrected chi connectivity index (χ1v) is 7.41. The number of oxazole rings is 1. The molecule has 0 bridgehead atoms. The first-order chi connectivity index (χ1) is 8.36. The third kappa shape index (κ3) is 2.37. The predicted molar refractivity (Wildman–Crippen MR) is 68.1 cm³/mol. The summed E-state index contributed by atoms with van der Waals surface area (Å²) in [5.41, 5.74) is 0. The summed E-state index contributed by atoms with van der Waals surface area (Å²) >= 11 is 5.73. The molecule has 1 aromatic rings. The van der Waals surface area contributed by atoms with E-state index in [9.17, 15) is 0 Å². The molecule has 2 nitrogen and oxygen atoms in total. The number of nitrogens with zero attached hydrogens (tertiary/aromatic N) is 1. The second kappa shape index (κ2) is 5.01. The zero-order valence-electron chi connectivity index (χ0n) is 10.2. The molecule has 2 fully saturated rings. The Balaban J connectivity index is 1.68. The third-order valence-corrected chi connectivity index (χ3v) is 4.86. The van der Waals surface area contributed by atoms with Crippen molar-refractivity contribution in [1.29, 1.82) is 0 Å². The molecule has 0 aromatic carbocycles. The molecule has 2 aliphatic carbocycles. The zero-order valence-corrected chi connectivity index (χ0v) is 11.0. The van der Waals surface area contributed by atoms with Crippen LogP contribution in [0.3, 0.4) is 0 Å². The van der Waals surface area contributed by atoms with Crippen molar-refractivity contribution in [1.82, 2.24) is 4.98 Å². The summed E-state index contributed by atoms with van der Waals surface area (Å²) in [5, 5.41) is 0. The number of halogens is 1. The van der Waals surface area contributed by atoms with Crippen LogP contribution in [0.15, 0.2) is 10.6 Å². The fourth-order valence-corrected chi connectivity index (χ4v) is 3.83. The normalized spacial score (nSPS) is 33.4. The summed E-state index contributed by atoms with van der Waals surface area (Å²) in [4.78, 5) is 4.22. The molecule has 2 aliphatic rings. The lowest BCUT2D eigenvalue weighted by atomic mass is 9.67. The van der Waals surface area contributed by atoms with E-state index >= 15 is 0 Å². The Kier molecular flexibility index (Phi) is 3.41. The number of hydrogen-bond donors (Lipinski definition) is 0. The number of aromatic nitrogens is 1. The lowest BCUT2D eigenvalue weighted by Gasteiger charge is -2.38. The van der Waals surface area contributed by atoms with Crippen LogP contribution in [0.5, 0.6) is 0 Å². The van der Waals surface area contributed by atoms with E-state index in [4.69, 9.17) is 16.0 Å². The summed E-state index contributed by atoms with van der Waals surface area (Å²) in [5.74, 6) is 4.66. The quantitative estimate of drug-likeness (QED) is 0.726. The van der Waals surface area contributed by atoms with Gasteiger partial charge in [0.1, 0.15) is 5.76 Å². The van der Waals surface area contributed by atoms with Crippen LogP contribution in [-0.4, -0.2) is 4.98 Å². The Morgan fingerprint density at radius 1 is 1.18 bits per heavy atom. The highest BCUT2D eigenvalue weighted by molar-refractivity contribution is 6.16. The minimum atomic E-state index is 0.388. The van der Waals surface area contributed by atoms with Gasteiger partial charge in [0.15, 0.2) is 0 Å². The van der Waals surface area contributed by atoms with Crippen molar-refractivity contribution in [2.45, 2.75) is 56.7 Å². The first kappa shape index (κ1) is 11.6. The minimum absolute atomic E-state index is 0.388. The van der Waals surface area contributed by atoms with Crippen LogP contribution in [0.1, 0.15) is 62.5 Å². The molecule has 0 saturated heterocycles. The van der Waals surface area contributed by atoms with Gasteiger partial charge in [0.2, 0.25) is 5.89 Å². The van der Waals surface area contributed by atoms with E-state index in [1.54, 1.807) is 0 Å². The average Bonchev–Trinajstić information content (AvgIpc) is 2.87. The highest BCUT2D eigenvalue weighted by atomic mass is 35.5. The van der Waals surface area contributed by atoms with Gasteiger partial charge in [0, 0.05) is 5.92 Å². The van der Waals surface area contributed by atoms with Crippen molar-refractivity contribution in [2.24, 2.45) is 11.8 Å². The van der Waals surface area contributed by atoms with E-state index in [1.807, 2.05) is 6.20 Å². The summed E-state index contributed by atoms with van der Waals surface area (Å²) in [6, 6.07) is 0. The van der Waals surface area contributed by atoms with Crippen molar-refractivity contribution in [3.63, 3.8) is 0 Å². The molecule has 1 aromatic heterocycles. The van der Waals surface area contributed by atoms with Crippen molar-refractivity contribution < 1.29 is 4.42 Å². The van der Waals surface area contributed by atoms with Crippen molar-refractivity contribution in [3.8, 4) is 0 Å². The number of fused-ring (bicyclic) bond motifs is 1. The van der Waals surface area contributed by atoms with E-state index in [0.717, 1.165) is 17.6 Å². The largest absolute Gasteiger partial charge is 0.444 e. The van der Waals surface area contributed by atoms with Gasteiger partial charge in [-0.2, -0.15) is 0 Å². The fourth-order valence-electron chi connectivity index (χ4n) is 3.71. The zero-order chi connectivity index (χ0) is 11.7. The van der Waals surface area contributed by atoms with Gasteiger partial charge in [-0.05, 0) is 31.1 Å². The Bertz CT molecular complexity index is 376. The molecule has 17 heavy (non-hydrogen) atoms. The van der Waals surface area contributed by atoms with Gasteiger partial charge < -0.3 is 4.42 Å². The molecular formula is C14H20ClNO. The highest BCUT2D eigenvalue weighted by Gasteiger charge is 2.33. The molecule has 3 unspecified atom stereocenters. The second-order valence-corrected chi connectivity index (χ2v) is 5.87. The lowest BCUT2D eigenvalue weighted by molar-refractivity contribution is 0.147. The standard InChI is InChI=1S/C14H20ClNO/c15-8-14-16-9-13(17-14)12-6-5-10-3-1-2-4-11(10)7-12/h9-12H,1-8H2. The molecular weight excluding hydrogens is 234 g/mol. The Labute approximate surface area is 108 Å². The molecule has 0 spiro atoms. The van der Waals surface area contributed by atoms with E-state index in [2.05, 4.69) is 4.98 Å². The molecule has 0 aliphatic heterocycles. The van der Waals surface area contributed by atoms with Crippen LogP contribution in [0, 0.1) is 11.8 Å². The number of alkyl halides is 1. The SMILES string of the molecule is ClCc1ncc(C2CCC3CCCCC3C2)o1. The third-order valence-electron chi connectivity index (χ3n) is 4.63. The fraction of sp³-hybridized carbons (Fsp3) is 0.786. The number of rotatable bonds is 2. The minimum Gasteiger partial charge on any atom is -0.444 e. The Hall–Kier alpha value is -0.500. The molecule has 94 valence electrons. The molecule has 3 heteroatoms. The molecule has 0 radical (unpaired) electrons. The molecule has 3 rings (SSSR count). The van der Waals surface area contributed by atoms with E-state index in [-0.39, 0.29) is 0 Å². The Morgan fingerprint density at radius 3 is 2.76 bits per heavy atom. The van der Waals surface area contributed by atoms with E-state index in [0.29, 0.717) is 17.7 Å². The van der Waals surface area contributed by atoms with Gasteiger partial charge in [0.25, 0.3) is 0 Å². The summed E-state index contributed by atoms with van der Waals surface area (Å²) in [6.45, 7) is 0. The maximum absolute atomic E-state index is 5.73. The summed E-state index contributed by atoms with van der Waals surface area (Å²) in [6.07, 6.45) is 11.6. The lowest BCUT2D eigenvalue weighted by Crippen LogP contribution is -2.26. The maximum atomic E-state index is 5.73. The van der Waals surface area contributed by atoms with Gasteiger partial charge in [-0.15, -0.1) is 11.6 Å². The summed E-state index contributed by atoms with van der Waals surface area (Å²) < 4.78 is 5.71. The van der Waals surface area contributed by atoms with Crippen LogP contribution in [-0.2, 0) is 5.88 Å². The van der Waals surface area contributed by atoms with Gasteiger partial charge in [-0.3, -0.25) is 0 Å². The topological polar surface area (TPSA) is 26.0 Å². The van der Waals surface area contributed by atoms with Crippen LogP contribution in [0.4, 0.5) is 0 Å². The van der Waals surface area contributed by atoms with Crippen molar-refractivity contribution >= 4 is 11.6 Å². The first-order valence-electron chi connectivity index (χ1n) is 6.87. The van der Waals surface area contributed by atoms with Gasteiger partial charge in [-0.1, -0.05) is 25.7 Å². The summed E-state index contributed by atoms with van der Waals surface area (Å²) in [7, 11) is 0. The van der Waals surface area contributed by atoms with Gasteiger partial charge in [0.05, 0.1) is 12.1 Å². The molecule has 1 heterocycles. The molecule has 0 N–H and O–H groups in total. The van der Waals surface area contributed by atoms with E-state index < -0.39 is 0 Å². The van der Waals surface area contributed by atoms with Gasteiger partial charge in [-0.25, -0.2) is 4.98 Å². The van der Waals surface area contributed by atoms with E-state index in [1.165, 1.54) is 44.9 Å². The monoisotopic (exact) mass is 253 g/mol. The number of hydrogen-bond acceptors (Lipinski definition) is 2. The maximum Gasteiger partial charge on any atom is 0.209 e. The van der Waals surface area contributed by atoms with Crippen molar-refractivity contribution in [2.75, 3.05) is 0 Å². The van der Waals surface area contributed by atoms with Crippen LogP contribution < -0.4 is 0 Å². The Morgan fingerprint density at radius 2 is 2.00 bits per heavy atom. The smallest absolute Gasteiger partial charge is 0.209 e. The highest BCUT2D eigenvalue weighted by Crippen LogP contribution is 2.46. The van der Waals surface area contributed by atoms with Crippen LogP contribution in [0.2, 0.25) is 0 Å². The molecule has 2 saturated carbocycles.